The fourth-order valence-corrected chi connectivity index (χ4v) is 4.24. The molecule has 2 aliphatic heterocycles. The molecule has 2 saturated heterocycles. The summed E-state index contributed by atoms with van der Waals surface area (Å²) in [5.74, 6) is 0.912. The van der Waals surface area contributed by atoms with E-state index in [2.05, 4.69) is 10.2 Å². The van der Waals surface area contributed by atoms with Gasteiger partial charge in [0.05, 0.1) is 12.7 Å². The van der Waals surface area contributed by atoms with Crippen LogP contribution in [0.5, 0.6) is 0 Å². The highest BCUT2D eigenvalue weighted by Gasteiger charge is 2.42. The van der Waals surface area contributed by atoms with Crippen molar-refractivity contribution < 1.29 is 9.53 Å². The first kappa shape index (κ1) is 16.4. The maximum atomic E-state index is 12.3. The number of carbonyl (C=O) groups excluding carboxylic acids is 1. The Labute approximate surface area is 148 Å². The van der Waals surface area contributed by atoms with Crippen molar-refractivity contribution in [1.82, 2.24) is 10.2 Å². The van der Waals surface area contributed by atoms with Gasteiger partial charge in [0.2, 0.25) is 5.91 Å². The monoisotopic (exact) mass is 348 g/mol. The van der Waals surface area contributed by atoms with Crippen molar-refractivity contribution in [2.45, 2.75) is 50.3 Å². The van der Waals surface area contributed by atoms with Crippen LogP contribution in [0.25, 0.3) is 0 Å². The molecule has 0 bridgehead atoms. The molecule has 2 heterocycles. The summed E-state index contributed by atoms with van der Waals surface area (Å²) in [6, 6.07) is 8.48. The van der Waals surface area contributed by atoms with E-state index in [1.54, 1.807) is 0 Å². The van der Waals surface area contributed by atoms with Gasteiger partial charge in [0.1, 0.15) is 0 Å². The summed E-state index contributed by atoms with van der Waals surface area (Å²) < 4.78 is 6.02. The summed E-state index contributed by atoms with van der Waals surface area (Å²) in [4.78, 5) is 14.8. The molecule has 0 unspecified atom stereocenters. The van der Waals surface area contributed by atoms with Crippen molar-refractivity contribution in [2.75, 3.05) is 19.7 Å². The lowest BCUT2D eigenvalue weighted by Gasteiger charge is -2.35. The molecule has 3 fully saturated rings. The van der Waals surface area contributed by atoms with Crippen molar-refractivity contribution in [3.8, 4) is 0 Å². The maximum Gasteiger partial charge on any atom is 0.220 e. The fraction of sp³-hybridized carbons (Fsp3) is 0.632. The molecule has 1 aromatic carbocycles. The minimum absolute atomic E-state index is 0.124. The standard InChI is InChI=1S/C19H25ClN2O2/c20-17-4-2-1-3-13(17)7-8-19(23)21-15-9-16-12-24-18(14-5-6-14)11-22(16)10-15/h1-4,14-16,18H,5-12H2,(H,21,23)/t15-,16-,18+/m0/s1. The Balaban J connectivity index is 1.24. The third kappa shape index (κ3) is 3.76. The summed E-state index contributed by atoms with van der Waals surface area (Å²) >= 11 is 6.15. The van der Waals surface area contributed by atoms with E-state index in [1.807, 2.05) is 24.3 Å². The zero-order valence-electron chi connectivity index (χ0n) is 13.9. The molecule has 3 atom stereocenters. The Morgan fingerprint density at radius 3 is 2.92 bits per heavy atom. The van der Waals surface area contributed by atoms with Gasteiger partial charge in [-0.1, -0.05) is 29.8 Å². The number of fused-ring (bicyclic) bond motifs is 1. The van der Waals surface area contributed by atoms with Gasteiger partial charge in [-0.25, -0.2) is 0 Å². The van der Waals surface area contributed by atoms with Crippen LogP contribution in [0.4, 0.5) is 0 Å². The highest BCUT2D eigenvalue weighted by molar-refractivity contribution is 6.31. The van der Waals surface area contributed by atoms with E-state index in [9.17, 15) is 4.79 Å². The van der Waals surface area contributed by atoms with Gasteiger partial charge in [-0.2, -0.15) is 0 Å². The molecule has 1 saturated carbocycles. The number of nitrogens with zero attached hydrogens (tertiary/aromatic N) is 1. The van der Waals surface area contributed by atoms with Crippen molar-refractivity contribution in [1.29, 1.82) is 0 Å². The van der Waals surface area contributed by atoms with Gasteiger partial charge >= 0.3 is 0 Å². The van der Waals surface area contributed by atoms with E-state index < -0.39 is 0 Å². The van der Waals surface area contributed by atoms with E-state index in [-0.39, 0.29) is 11.9 Å². The normalized spacial score (nSPS) is 30.1. The lowest BCUT2D eigenvalue weighted by atomic mass is 10.1. The Kier molecular flexibility index (Phi) is 4.79. The molecular formula is C19H25ClN2O2. The third-order valence-corrected chi connectivity index (χ3v) is 5.91. The fourth-order valence-electron chi connectivity index (χ4n) is 4.01. The number of rotatable bonds is 5. The van der Waals surface area contributed by atoms with Crippen LogP contribution in [0.2, 0.25) is 5.02 Å². The van der Waals surface area contributed by atoms with Crippen LogP contribution in [-0.2, 0) is 16.0 Å². The van der Waals surface area contributed by atoms with Crippen LogP contribution < -0.4 is 5.32 Å². The zero-order valence-corrected chi connectivity index (χ0v) is 14.7. The maximum absolute atomic E-state index is 12.3. The highest BCUT2D eigenvalue weighted by Crippen LogP contribution is 2.37. The molecule has 0 aromatic heterocycles. The van der Waals surface area contributed by atoms with E-state index in [4.69, 9.17) is 16.3 Å². The van der Waals surface area contributed by atoms with Crippen LogP contribution in [0, 0.1) is 5.92 Å². The number of hydrogen-bond acceptors (Lipinski definition) is 3. The molecule has 130 valence electrons. The van der Waals surface area contributed by atoms with E-state index >= 15 is 0 Å². The van der Waals surface area contributed by atoms with E-state index in [0.29, 0.717) is 25.0 Å². The number of amides is 1. The highest BCUT2D eigenvalue weighted by atomic mass is 35.5. The summed E-state index contributed by atoms with van der Waals surface area (Å²) in [5, 5.41) is 3.95. The number of halogens is 1. The van der Waals surface area contributed by atoms with Crippen LogP contribution in [0.3, 0.4) is 0 Å². The Morgan fingerprint density at radius 1 is 1.29 bits per heavy atom. The molecular weight excluding hydrogens is 324 g/mol. The van der Waals surface area contributed by atoms with E-state index in [1.165, 1.54) is 12.8 Å². The number of morpholine rings is 1. The first-order valence-electron chi connectivity index (χ1n) is 9.07. The second-order valence-corrected chi connectivity index (χ2v) is 7.82. The van der Waals surface area contributed by atoms with Gasteiger partial charge in [-0.3, -0.25) is 9.69 Å². The van der Waals surface area contributed by atoms with Crippen LogP contribution in [0.1, 0.15) is 31.2 Å². The van der Waals surface area contributed by atoms with Gasteiger partial charge < -0.3 is 10.1 Å². The summed E-state index contributed by atoms with van der Waals surface area (Å²) in [6.45, 7) is 2.84. The molecule has 1 N–H and O–H groups in total. The average Bonchev–Trinajstić information content (AvgIpc) is 3.34. The minimum Gasteiger partial charge on any atom is -0.375 e. The molecule has 0 radical (unpaired) electrons. The van der Waals surface area contributed by atoms with Gasteiger partial charge in [0, 0.05) is 36.6 Å². The van der Waals surface area contributed by atoms with Gasteiger partial charge in [-0.05, 0) is 43.2 Å². The van der Waals surface area contributed by atoms with Crippen LogP contribution >= 0.6 is 11.6 Å². The zero-order chi connectivity index (χ0) is 16.5. The van der Waals surface area contributed by atoms with Gasteiger partial charge in [0.25, 0.3) is 0 Å². The Morgan fingerprint density at radius 2 is 2.12 bits per heavy atom. The van der Waals surface area contributed by atoms with Crippen molar-refractivity contribution in [3.63, 3.8) is 0 Å². The van der Waals surface area contributed by atoms with Crippen molar-refractivity contribution in [2.24, 2.45) is 5.92 Å². The second-order valence-electron chi connectivity index (χ2n) is 7.41. The van der Waals surface area contributed by atoms with E-state index in [0.717, 1.165) is 42.6 Å². The molecule has 4 rings (SSSR count). The minimum atomic E-state index is 0.124. The van der Waals surface area contributed by atoms with Gasteiger partial charge in [0.15, 0.2) is 0 Å². The first-order chi connectivity index (χ1) is 11.7. The quantitative estimate of drug-likeness (QED) is 0.889. The summed E-state index contributed by atoms with van der Waals surface area (Å²) in [7, 11) is 0. The number of hydrogen-bond donors (Lipinski definition) is 1. The molecule has 1 amide bonds. The number of benzene rings is 1. The molecule has 4 nitrogen and oxygen atoms in total. The second kappa shape index (κ2) is 7.03. The molecule has 0 spiro atoms. The number of carbonyl (C=O) groups is 1. The molecule has 1 aliphatic carbocycles. The lowest BCUT2D eigenvalue weighted by molar-refractivity contribution is -0.121. The molecule has 5 heteroatoms. The summed E-state index contributed by atoms with van der Waals surface area (Å²) in [5.41, 5.74) is 1.04. The summed E-state index contributed by atoms with van der Waals surface area (Å²) in [6.07, 6.45) is 5.27. The number of nitrogens with one attached hydrogen (secondary N) is 1. The molecule has 1 aromatic rings. The molecule has 24 heavy (non-hydrogen) atoms. The number of aryl methyl sites for hydroxylation is 1. The first-order valence-corrected chi connectivity index (χ1v) is 9.45. The Bertz CT molecular complexity index is 605. The Hall–Kier alpha value is -1.10. The SMILES string of the molecule is O=C(CCc1ccccc1Cl)N[C@H]1C[C@H]2CO[C@@H](C3CC3)CN2C1. The molecule has 3 aliphatic rings. The predicted octanol–water partition coefficient (Wildman–Crippen LogP) is 2.64. The number of ether oxygens (including phenoxy) is 1. The largest absolute Gasteiger partial charge is 0.375 e. The van der Waals surface area contributed by atoms with Crippen LogP contribution in [-0.4, -0.2) is 48.7 Å². The predicted molar refractivity (Wildman–Crippen MR) is 94.1 cm³/mol. The smallest absolute Gasteiger partial charge is 0.220 e. The van der Waals surface area contributed by atoms with Crippen LogP contribution in [0.15, 0.2) is 24.3 Å². The third-order valence-electron chi connectivity index (χ3n) is 5.54. The van der Waals surface area contributed by atoms with Crippen molar-refractivity contribution in [3.05, 3.63) is 34.9 Å². The van der Waals surface area contributed by atoms with Gasteiger partial charge in [-0.15, -0.1) is 0 Å². The van der Waals surface area contributed by atoms with Crippen molar-refractivity contribution >= 4 is 17.5 Å². The lowest BCUT2D eigenvalue weighted by Crippen LogP contribution is -2.47. The topological polar surface area (TPSA) is 41.6 Å². The average molecular weight is 349 g/mol.